The highest BCUT2D eigenvalue weighted by molar-refractivity contribution is 7.98. The average molecular weight is 357 g/mol. The minimum atomic E-state index is -0.196. The van der Waals surface area contributed by atoms with Gasteiger partial charge in [0.1, 0.15) is 12.1 Å². The van der Waals surface area contributed by atoms with E-state index in [0.29, 0.717) is 34.9 Å². The van der Waals surface area contributed by atoms with E-state index >= 15 is 0 Å². The molecule has 25 heavy (non-hydrogen) atoms. The maximum absolute atomic E-state index is 13.5. The van der Waals surface area contributed by atoms with Crippen molar-refractivity contribution in [2.75, 3.05) is 12.3 Å². The molecule has 128 valence electrons. The summed E-state index contributed by atoms with van der Waals surface area (Å²) in [6, 6.07) is 13.8. The average Bonchev–Trinajstić information content (AvgIpc) is 3.17. The first-order chi connectivity index (χ1) is 12.2. The fraction of sp³-hybridized carbons (Fsp3) is 0.176. The first kappa shape index (κ1) is 17.1. The SMILES string of the molecule is O=C(NCCSCc1ccccc1F)c1cccc(-n2cnnn2)c1. The van der Waals surface area contributed by atoms with E-state index in [-0.39, 0.29) is 11.7 Å². The Bertz CT molecular complexity index is 841. The third-order valence-corrected chi connectivity index (χ3v) is 4.48. The Hall–Kier alpha value is -2.74. The third-order valence-electron chi connectivity index (χ3n) is 3.47. The topological polar surface area (TPSA) is 72.7 Å². The maximum Gasteiger partial charge on any atom is 0.251 e. The van der Waals surface area contributed by atoms with Gasteiger partial charge in [-0.25, -0.2) is 9.07 Å². The molecule has 0 spiro atoms. The van der Waals surface area contributed by atoms with Gasteiger partial charge in [-0.1, -0.05) is 24.3 Å². The van der Waals surface area contributed by atoms with Crippen molar-refractivity contribution < 1.29 is 9.18 Å². The van der Waals surface area contributed by atoms with Crippen LogP contribution >= 0.6 is 11.8 Å². The predicted octanol–water partition coefficient (Wildman–Crippen LogP) is 2.46. The zero-order chi connectivity index (χ0) is 17.5. The van der Waals surface area contributed by atoms with E-state index < -0.39 is 0 Å². The van der Waals surface area contributed by atoms with Crippen molar-refractivity contribution in [3.05, 3.63) is 71.8 Å². The number of thioether (sulfide) groups is 1. The molecule has 1 aromatic heterocycles. The second-order valence-corrected chi connectivity index (χ2v) is 6.31. The summed E-state index contributed by atoms with van der Waals surface area (Å²) in [7, 11) is 0. The van der Waals surface area contributed by atoms with Crippen LogP contribution in [0.25, 0.3) is 5.69 Å². The molecule has 8 heteroatoms. The van der Waals surface area contributed by atoms with E-state index in [2.05, 4.69) is 20.8 Å². The molecule has 0 unspecified atom stereocenters. The van der Waals surface area contributed by atoms with E-state index in [1.807, 2.05) is 12.1 Å². The number of benzene rings is 2. The van der Waals surface area contributed by atoms with E-state index in [9.17, 15) is 9.18 Å². The van der Waals surface area contributed by atoms with Crippen molar-refractivity contribution in [3.63, 3.8) is 0 Å². The van der Waals surface area contributed by atoms with E-state index in [0.717, 1.165) is 0 Å². The second-order valence-electron chi connectivity index (χ2n) is 5.20. The Labute approximate surface area is 148 Å². The molecular formula is C17H16FN5OS. The van der Waals surface area contributed by atoms with Crippen LogP contribution in [0.1, 0.15) is 15.9 Å². The Morgan fingerprint density at radius 3 is 2.88 bits per heavy atom. The van der Waals surface area contributed by atoms with Gasteiger partial charge in [-0.15, -0.1) is 5.10 Å². The Balaban J connectivity index is 1.47. The largest absolute Gasteiger partial charge is 0.351 e. The highest BCUT2D eigenvalue weighted by Gasteiger charge is 2.07. The molecule has 1 N–H and O–H groups in total. The normalized spacial score (nSPS) is 10.6. The van der Waals surface area contributed by atoms with Crippen LogP contribution in [-0.2, 0) is 5.75 Å². The van der Waals surface area contributed by atoms with Crippen molar-refractivity contribution in [1.82, 2.24) is 25.5 Å². The van der Waals surface area contributed by atoms with Gasteiger partial charge in [0.15, 0.2) is 0 Å². The number of rotatable bonds is 7. The maximum atomic E-state index is 13.5. The van der Waals surface area contributed by atoms with Crippen LogP contribution in [0, 0.1) is 5.82 Å². The summed E-state index contributed by atoms with van der Waals surface area (Å²) < 4.78 is 15.0. The zero-order valence-corrected chi connectivity index (χ0v) is 14.1. The van der Waals surface area contributed by atoms with Crippen LogP contribution in [0.2, 0.25) is 0 Å². The zero-order valence-electron chi connectivity index (χ0n) is 13.3. The quantitative estimate of drug-likeness (QED) is 0.658. The lowest BCUT2D eigenvalue weighted by atomic mass is 10.2. The van der Waals surface area contributed by atoms with Crippen molar-refractivity contribution in [3.8, 4) is 5.69 Å². The predicted molar refractivity (Wildman–Crippen MR) is 94.0 cm³/mol. The van der Waals surface area contributed by atoms with Gasteiger partial charge in [0.2, 0.25) is 0 Å². The number of hydrogen-bond donors (Lipinski definition) is 1. The van der Waals surface area contributed by atoms with Gasteiger partial charge >= 0.3 is 0 Å². The molecular weight excluding hydrogens is 341 g/mol. The molecule has 0 atom stereocenters. The molecule has 0 aliphatic rings. The van der Waals surface area contributed by atoms with Crippen molar-refractivity contribution in [2.24, 2.45) is 0 Å². The highest BCUT2D eigenvalue weighted by atomic mass is 32.2. The Morgan fingerprint density at radius 2 is 2.08 bits per heavy atom. The number of carbonyl (C=O) groups excluding carboxylic acids is 1. The summed E-state index contributed by atoms with van der Waals surface area (Å²) in [5.41, 5.74) is 1.92. The minimum Gasteiger partial charge on any atom is -0.351 e. The number of amides is 1. The Kier molecular flexibility index (Phi) is 5.73. The second kappa shape index (κ2) is 8.39. The first-order valence-electron chi connectivity index (χ1n) is 7.67. The summed E-state index contributed by atoms with van der Waals surface area (Å²) in [6.45, 7) is 0.507. The number of halogens is 1. The molecule has 0 saturated carbocycles. The first-order valence-corrected chi connectivity index (χ1v) is 8.82. The molecule has 1 amide bonds. The molecule has 6 nitrogen and oxygen atoms in total. The van der Waals surface area contributed by atoms with Gasteiger partial charge in [-0.05, 0) is 40.3 Å². The highest BCUT2D eigenvalue weighted by Crippen LogP contribution is 2.15. The van der Waals surface area contributed by atoms with Gasteiger partial charge in [-0.3, -0.25) is 4.79 Å². The lowest BCUT2D eigenvalue weighted by Crippen LogP contribution is -2.25. The summed E-state index contributed by atoms with van der Waals surface area (Å²) >= 11 is 1.57. The fourth-order valence-electron chi connectivity index (χ4n) is 2.21. The molecule has 0 bridgehead atoms. The standard InChI is InChI=1S/C17H16FN5OS/c18-16-7-2-1-4-14(16)11-25-9-8-19-17(24)13-5-3-6-15(10-13)23-12-20-21-22-23/h1-7,10,12H,8-9,11H2,(H,19,24). The van der Waals surface area contributed by atoms with Crippen LogP contribution in [0.5, 0.6) is 0 Å². The summed E-state index contributed by atoms with van der Waals surface area (Å²) in [4.78, 5) is 12.2. The van der Waals surface area contributed by atoms with Crippen molar-refractivity contribution >= 4 is 17.7 Å². The van der Waals surface area contributed by atoms with E-state index in [1.165, 1.54) is 17.1 Å². The van der Waals surface area contributed by atoms with Crippen molar-refractivity contribution in [2.45, 2.75) is 5.75 Å². The fourth-order valence-corrected chi connectivity index (χ4v) is 3.05. The number of aromatic nitrogens is 4. The monoisotopic (exact) mass is 357 g/mol. The van der Waals surface area contributed by atoms with Crippen LogP contribution in [-0.4, -0.2) is 38.4 Å². The summed E-state index contributed by atoms with van der Waals surface area (Å²) in [5.74, 6) is 0.921. The van der Waals surface area contributed by atoms with Gasteiger partial charge in [-0.2, -0.15) is 11.8 Å². The van der Waals surface area contributed by atoms with Gasteiger partial charge < -0.3 is 5.32 Å². The number of nitrogens with one attached hydrogen (secondary N) is 1. The molecule has 3 aromatic rings. The summed E-state index contributed by atoms with van der Waals surface area (Å²) in [6.07, 6.45) is 1.47. The molecule has 0 aliphatic heterocycles. The molecule has 0 radical (unpaired) electrons. The van der Waals surface area contributed by atoms with Crippen LogP contribution in [0.4, 0.5) is 4.39 Å². The lowest BCUT2D eigenvalue weighted by molar-refractivity contribution is 0.0956. The Morgan fingerprint density at radius 1 is 1.20 bits per heavy atom. The molecule has 1 heterocycles. The van der Waals surface area contributed by atoms with E-state index in [4.69, 9.17) is 0 Å². The van der Waals surface area contributed by atoms with Gasteiger partial charge in [0, 0.05) is 23.6 Å². The molecule has 3 rings (SSSR count). The molecule has 2 aromatic carbocycles. The van der Waals surface area contributed by atoms with Crippen LogP contribution < -0.4 is 5.32 Å². The third kappa shape index (κ3) is 4.63. The van der Waals surface area contributed by atoms with Crippen LogP contribution in [0.3, 0.4) is 0 Å². The number of carbonyl (C=O) groups is 1. The van der Waals surface area contributed by atoms with Crippen molar-refractivity contribution in [1.29, 1.82) is 0 Å². The molecule has 0 saturated heterocycles. The smallest absolute Gasteiger partial charge is 0.251 e. The van der Waals surface area contributed by atoms with E-state index in [1.54, 1.807) is 42.1 Å². The molecule has 0 aliphatic carbocycles. The van der Waals surface area contributed by atoms with Gasteiger partial charge in [0.05, 0.1) is 5.69 Å². The lowest BCUT2D eigenvalue weighted by Gasteiger charge is -2.07. The number of nitrogens with zero attached hydrogens (tertiary/aromatic N) is 4. The number of hydrogen-bond acceptors (Lipinski definition) is 5. The molecule has 0 fully saturated rings. The summed E-state index contributed by atoms with van der Waals surface area (Å²) in [5, 5.41) is 13.8. The van der Waals surface area contributed by atoms with Gasteiger partial charge in [0.25, 0.3) is 5.91 Å². The van der Waals surface area contributed by atoms with Crippen LogP contribution in [0.15, 0.2) is 54.9 Å². The minimum absolute atomic E-state index is 0.165. The number of tetrazole rings is 1.